The summed E-state index contributed by atoms with van der Waals surface area (Å²) in [5, 5.41) is 18.8. The van der Waals surface area contributed by atoms with Crippen LogP contribution in [0.2, 0.25) is 0 Å². The van der Waals surface area contributed by atoms with Crippen molar-refractivity contribution in [3.63, 3.8) is 0 Å². The first-order valence-corrected chi connectivity index (χ1v) is 5.77. The normalized spacial score (nSPS) is 10.3. The lowest BCUT2D eigenvalue weighted by Gasteiger charge is -2.07. The second kappa shape index (κ2) is 5.56. The van der Waals surface area contributed by atoms with Crippen LogP contribution in [0.15, 0.2) is 42.5 Å². The molecule has 18 heavy (non-hydrogen) atoms. The average Bonchev–Trinajstić information content (AvgIpc) is 2.42. The summed E-state index contributed by atoms with van der Waals surface area (Å²) in [6.07, 6.45) is 0.654. The number of methoxy groups -OCH3 is 1. The van der Waals surface area contributed by atoms with E-state index in [-0.39, 0.29) is 12.4 Å². The molecule has 0 aliphatic heterocycles. The maximum Gasteiger partial charge on any atom is 0.119 e. The Morgan fingerprint density at radius 2 is 1.67 bits per heavy atom. The van der Waals surface area contributed by atoms with Gasteiger partial charge in [0.15, 0.2) is 0 Å². The highest BCUT2D eigenvalue weighted by Crippen LogP contribution is 2.23. The van der Waals surface area contributed by atoms with Gasteiger partial charge in [-0.1, -0.05) is 24.3 Å². The molecule has 0 amide bonds. The van der Waals surface area contributed by atoms with E-state index in [1.54, 1.807) is 13.2 Å². The van der Waals surface area contributed by atoms with Gasteiger partial charge in [-0.25, -0.2) is 0 Å². The molecule has 0 aliphatic carbocycles. The molecule has 0 atom stereocenters. The Morgan fingerprint density at radius 3 is 2.22 bits per heavy atom. The Hall–Kier alpha value is -2.00. The van der Waals surface area contributed by atoms with Crippen LogP contribution in [0.5, 0.6) is 11.5 Å². The van der Waals surface area contributed by atoms with Crippen molar-refractivity contribution in [2.24, 2.45) is 0 Å². The Bertz CT molecular complexity index is 518. The molecule has 0 spiro atoms. The summed E-state index contributed by atoms with van der Waals surface area (Å²) < 4.78 is 5.10. The van der Waals surface area contributed by atoms with Gasteiger partial charge in [-0.3, -0.25) is 0 Å². The van der Waals surface area contributed by atoms with Crippen LogP contribution < -0.4 is 4.74 Å². The topological polar surface area (TPSA) is 49.7 Å². The van der Waals surface area contributed by atoms with Gasteiger partial charge in [0.2, 0.25) is 0 Å². The van der Waals surface area contributed by atoms with E-state index in [4.69, 9.17) is 9.84 Å². The van der Waals surface area contributed by atoms with Crippen LogP contribution in [0.4, 0.5) is 0 Å². The molecule has 0 aromatic heterocycles. The number of aliphatic hydroxyl groups is 1. The average molecular weight is 244 g/mol. The largest absolute Gasteiger partial charge is 0.508 e. The predicted octanol–water partition coefficient (Wildman–Crippen LogP) is 2.48. The number of aromatic hydroxyl groups is 1. The molecule has 0 saturated heterocycles. The minimum atomic E-state index is -0.0592. The van der Waals surface area contributed by atoms with Crippen LogP contribution in [0.3, 0.4) is 0 Å². The molecule has 3 heteroatoms. The van der Waals surface area contributed by atoms with Crippen molar-refractivity contribution in [1.82, 2.24) is 0 Å². The van der Waals surface area contributed by atoms with Gasteiger partial charge < -0.3 is 14.9 Å². The summed E-state index contributed by atoms with van der Waals surface area (Å²) in [6.45, 7) is -0.0592. The molecule has 0 aliphatic rings. The number of hydrogen-bond donors (Lipinski definition) is 2. The number of phenolic OH excluding ortho intramolecular Hbond substituents is 1. The van der Waals surface area contributed by atoms with Crippen molar-refractivity contribution in [2.45, 2.75) is 13.0 Å². The van der Waals surface area contributed by atoms with Crippen molar-refractivity contribution >= 4 is 0 Å². The highest BCUT2D eigenvalue weighted by atomic mass is 16.5. The van der Waals surface area contributed by atoms with E-state index in [0.29, 0.717) is 12.0 Å². The SMILES string of the molecule is COc1ccc(Cc2ccc(CO)cc2O)cc1. The third-order valence-electron chi connectivity index (χ3n) is 2.89. The summed E-state index contributed by atoms with van der Waals surface area (Å²) >= 11 is 0. The van der Waals surface area contributed by atoms with Gasteiger partial charge in [0.25, 0.3) is 0 Å². The highest BCUT2D eigenvalue weighted by Gasteiger charge is 2.04. The molecule has 0 fully saturated rings. The molecule has 0 saturated carbocycles. The molecule has 0 bridgehead atoms. The maximum absolute atomic E-state index is 9.85. The number of benzene rings is 2. The molecule has 2 rings (SSSR count). The van der Waals surface area contributed by atoms with Gasteiger partial charge in [0.1, 0.15) is 11.5 Å². The summed E-state index contributed by atoms with van der Waals surface area (Å²) in [4.78, 5) is 0. The van der Waals surface area contributed by atoms with Gasteiger partial charge in [0, 0.05) is 6.42 Å². The fraction of sp³-hybridized carbons (Fsp3) is 0.200. The van der Waals surface area contributed by atoms with E-state index in [0.717, 1.165) is 16.9 Å². The first-order valence-electron chi connectivity index (χ1n) is 5.77. The highest BCUT2D eigenvalue weighted by molar-refractivity contribution is 5.40. The lowest BCUT2D eigenvalue weighted by molar-refractivity contribution is 0.281. The fourth-order valence-electron chi connectivity index (χ4n) is 1.82. The van der Waals surface area contributed by atoms with Crippen LogP contribution in [0.25, 0.3) is 0 Å². The van der Waals surface area contributed by atoms with Gasteiger partial charge in [-0.15, -0.1) is 0 Å². The summed E-state index contributed by atoms with van der Waals surface area (Å²) in [6, 6.07) is 13.0. The maximum atomic E-state index is 9.85. The molecule has 2 aromatic rings. The number of hydrogen-bond acceptors (Lipinski definition) is 3. The minimum Gasteiger partial charge on any atom is -0.508 e. The zero-order valence-corrected chi connectivity index (χ0v) is 10.3. The fourth-order valence-corrected chi connectivity index (χ4v) is 1.82. The quantitative estimate of drug-likeness (QED) is 0.868. The Balaban J connectivity index is 2.17. The van der Waals surface area contributed by atoms with Gasteiger partial charge in [0.05, 0.1) is 13.7 Å². The molecule has 0 unspecified atom stereocenters. The van der Waals surface area contributed by atoms with Crippen LogP contribution in [0, 0.1) is 0 Å². The Morgan fingerprint density at radius 1 is 1.00 bits per heavy atom. The van der Waals surface area contributed by atoms with Crippen molar-refractivity contribution in [1.29, 1.82) is 0 Å². The number of phenols is 1. The van der Waals surface area contributed by atoms with Crippen LogP contribution in [0.1, 0.15) is 16.7 Å². The zero-order valence-electron chi connectivity index (χ0n) is 10.3. The standard InChI is InChI=1S/C15H16O3/c1-18-14-6-3-11(4-7-14)8-13-5-2-12(10-16)9-15(13)17/h2-7,9,16-17H,8,10H2,1H3. The van der Waals surface area contributed by atoms with Gasteiger partial charge in [-0.2, -0.15) is 0 Å². The number of aliphatic hydroxyl groups excluding tert-OH is 1. The molecular formula is C15H16O3. The first-order chi connectivity index (χ1) is 8.72. The van der Waals surface area contributed by atoms with Crippen LogP contribution in [-0.4, -0.2) is 17.3 Å². The van der Waals surface area contributed by atoms with E-state index in [2.05, 4.69) is 0 Å². The second-order valence-corrected chi connectivity index (χ2v) is 4.15. The molecule has 0 radical (unpaired) electrons. The second-order valence-electron chi connectivity index (χ2n) is 4.15. The predicted molar refractivity (Wildman–Crippen MR) is 69.8 cm³/mol. The molecule has 2 aromatic carbocycles. The monoisotopic (exact) mass is 244 g/mol. The van der Waals surface area contributed by atoms with E-state index in [1.165, 1.54) is 0 Å². The van der Waals surface area contributed by atoms with Crippen molar-refractivity contribution in [3.8, 4) is 11.5 Å². The first kappa shape index (κ1) is 12.5. The van der Waals surface area contributed by atoms with Crippen molar-refractivity contribution in [3.05, 3.63) is 59.2 Å². The van der Waals surface area contributed by atoms with Crippen LogP contribution >= 0.6 is 0 Å². The lowest BCUT2D eigenvalue weighted by Crippen LogP contribution is -1.91. The molecular weight excluding hydrogens is 228 g/mol. The smallest absolute Gasteiger partial charge is 0.119 e. The van der Waals surface area contributed by atoms with Gasteiger partial charge >= 0.3 is 0 Å². The zero-order chi connectivity index (χ0) is 13.0. The van der Waals surface area contributed by atoms with E-state index in [1.807, 2.05) is 36.4 Å². The van der Waals surface area contributed by atoms with Crippen molar-refractivity contribution < 1.29 is 14.9 Å². The summed E-state index contributed by atoms with van der Waals surface area (Å²) in [7, 11) is 1.63. The molecule has 3 nitrogen and oxygen atoms in total. The Kier molecular flexibility index (Phi) is 3.85. The van der Waals surface area contributed by atoms with E-state index >= 15 is 0 Å². The summed E-state index contributed by atoms with van der Waals surface area (Å²) in [5.74, 6) is 1.04. The summed E-state index contributed by atoms with van der Waals surface area (Å²) in [5.41, 5.74) is 2.66. The van der Waals surface area contributed by atoms with Crippen LogP contribution in [-0.2, 0) is 13.0 Å². The molecule has 0 heterocycles. The van der Waals surface area contributed by atoms with Gasteiger partial charge in [-0.05, 0) is 34.9 Å². The molecule has 94 valence electrons. The minimum absolute atomic E-state index is 0.0592. The third-order valence-corrected chi connectivity index (χ3v) is 2.89. The van der Waals surface area contributed by atoms with Crippen molar-refractivity contribution in [2.75, 3.05) is 7.11 Å². The van der Waals surface area contributed by atoms with E-state index < -0.39 is 0 Å². The Labute approximate surface area is 106 Å². The lowest BCUT2D eigenvalue weighted by atomic mass is 10.0. The molecule has 2 N–H and O–H groups in total. The number of ether oxygens (including phenoxy) is 1. The number of rotatable bonds is 4. The third kappa shape index (κ3) is 2.81. The van der Waals surface area contributed by atoms with E-state index in [9.17, 15) is 5.11 Å².